The van der Waals surface area contributed by atoms with Gasteiger partial charge in [0.05, 0.1) is 18.5 Å². The minimum atomic E-state index is -1.66. The lowest BCUT2D eigenvalue weighted by Crippen LogP contribution is -2.33. The summed E-state index contributed by atoms with van der Waals surface area (Å²) in [5, 5.41) is 21.4. The number of ether oxygens (including phenoxy) is 1. The van der Waals surface area contributed by atoms with Gasteiger partial charge in [0.15, 0.2) is 11.6 Å². The van der Waals surface area contributed by atoms with Gasteiger partial charge >= 0.3 is 5.97 Å². The Morgan fingerprint density at radius 2 is 1.80 bits per heavy atom. The first-order valence-electron chi connectivity index (χ1n) is 12.9. The van der Waals surface area contributed by atoms with Crippen LogP contribution in [0.25, 0.3) is 10.9 Å². The molecule has 2 N–H and O–H groups in total. The van der Waals surface area contributed by atoms with Crippen molar-refractivity contribution in [3.63, 3.8) is 0 Å². The molecule has 0 spiro atoms. The number of aliphatic hydroxyl groups is 1. The van der Waals surface area contributed by atoms with Crippen molar-refractivity contribution < 1.29 is 24.1 Å². The monoisotopic (exact) mass is 658 g/mol. The summed E-state index contributed by atoms with van der Waals surface area (Å²) in [6.07, 6.45) is 1.85. The van der Waals surface area contributed by atoms with Gasteiger partial charge in [0, 0.05) is 29.3 Å². The normalized spacial score (nSPS) is 13.2. The van der Waals surface area contributed by atoms with Crippen LogP contribution >= 0.6 is 22.6 Å². The van der Waals surface area contributed by atoms with Crippen molar-refractivity contribution in [2.24, 2.45) is 5.41 Å². The highest BCUT2D eigenvalue weighted by Gasteiger charge is 2.34. The number of benzene rings is 2. The molecule has 0 bridgehead atoms. The number of aromatic nitrogens is 2. The molecule has 0 aliphatic heterocycles. The van der Waals surface area contributed by atoms with Crippen LogP contribution in [0.1, 0.15) is 56.7 Å². The van der Waals surface area contributed by atoms with Gasteiger partial charge in [-0.3, -0.25) is 9.59 Å². The number of pyridine rings is 2. The van der Waals surface area contributed by atoms with Gasteiger partial charge in [-0.15, -0.1) is 0 Å². The molecule has 210 valence electrons. The van der Waals surface area contributed by atoms with Gasteiger partial charge in [-0.05, 0) is 70.2 Å². The summed E-state index contributed by atoms with van der Waals surface area (Å²) in [6.45, 7) is 6.45. The lowest BCUT2D eigenvalue weighted by Gasteiger charge is -2.30. The van der Waals surface area contributed by atoms with Crippen molar-refractivity contribution in [3.05, 3.63) is 103 Å². The smallest absolute Gasteiger partial charge is 0.306 e. The van der Waals surface area contributed by atoms with Crippen LogP contribution in [0, 0.1) is 14.9 Å². The first-order chi connectivity index (χ1) is 18.8. The lowest BCUT2D eigenvalue weighted by molar-refractivity contribution is -0.143. The summed E-state index contributed by atoms with van der Waals surface area (Å²) in [6, 6.07) is 17.2. The van der Waals surface area contributed by atoms with Crippen molar-refractivity contribution in [3.8, 4) is 5.75 Å². The molecule has 0 radical (unpaired) electrons. The standard InChI is InChI=1S/C31H32FIN2O5/c1-30(2,3)10-11-31(39,17-28(37)38)23-9-12-35(27(36)15-23)18-22-13-21-14-26(24(32)16-25(21)34-29(22)33)40-19-20-7-5-4-6-8-20/h4-9,12-16,39H,10-11,17-19H2,1-3H3,(H,37,38). The Bertz CT molecular complexity index is 1580. The van der Waals surface area contributed by atoms with Crippen LogP contribution in [-0.2, 0) is 23.5 Å². The second-order valence-electron chi connectivity index (χ2n) is 11.2. The average Bonchev–Trinajstić information content (AvgIpc) is 2.88. The maximum atomic E-state index is 14.7. The minimum Gasteiger partial charge on any atom is -0.486 e. The molecule has 2 heterocycles. The zero-order chi connectivity index (χ0) is 29.1. The van der Waals surface area contributed by atoms with E-state index in [4.69, 9.17) is 4.74 Å². The largest absolute Gasteiger partial charge is 0.486 e. The van der Waals surface area contributed by atoms with E-state index in [9.17, 15) is 24.2 Å². The van der Waals surface area contributed by atoms with Crippen LogP contribution in [0.3, 0.4) is 0 Å². The number of carbonyl (C=O) groups is 1. The molecule has 0 saturated carbocycles. The van der Waals surface area contributed by atoms with Gasteiger partial charge < -0.3 is 19.5 Å². The molecule has 0 aliphatic rings. The van der Waals surface area contributed by atoms with E-state index in [2.05, 4.69) is 27.6 Å². The van der Waals surface area contributed by atoms with Crippen molar-refractivity contribution in [1.29, 1.82) is 0 Å². The van der Waals surface area contributed by atoms with Gasteiger partial charge in [-0.25, -0.2) is 9.37 Å². The molecule has 0 amide bonds. The molecular weight excluding hydrogens is 626 g/mol. The van der Waals surface area contributed by atoms with E-state index in [-0.39, 0.29) is 41.9 Å². The highest BCUT2D eigenvalue weighted by Crippen LogP contribution is 2.34. The fourth-order valence-corrected chi connectivity index (χ4v) is 5.02. The summed E-state index contributed by atoms with van der Waals surface area (Å²) in [5.74, 6) is -1.53. The highest BCUT2D eigenvalue weighted by molar-refractivity contribution is 14.1. The van der Waals surface area contributed by atoms with E-state index in [1.807, 2.05) is 57.2 Å². The number of nitrogens with zero attached hydrogens (tertiary/aromatic N) is 2. The molecule has 4 rings (SSSR count). The summed E-state index contributed by atoms with van der Waals surface area (Å²) in [7, 11) is 0. The third kappa shape index (κ3) is 7.45. The van der Waals surface area contributed by atoms with Gasteiger partial charge in [0.1, 0.15) is 15.9 Å². The maximum Gasteiger partial charge on any atom is 0.306 e. The van der Waals surface area contributed by atoms with Crippen LogP contribution in [0.2, 0.25) is 0 Å². The molecule has 2 aromatic heterocycles. The van der Waals surface area contributed by atoms with Crippen LogP contribution in [-0.4, -0.2) is 25.7 Å². The van der Waals surface area contributed by atoms with Gasteiger partial charge in [-0.2, -0.15) is 0 Å². The van der Waals surface area contributed by atoms with E-state index in [1.165, 1.54) is 16.7 Å². The second-order valence-corrected chi connectivity index (χ2v) is 12.3. The molecule has 2 aromatic carbocycles. The van der Waals surface area contributed by atoms with E-state index in [0.29, 0.717) is 21.0 Å². The van der Waals surface area contributed by atoms with Gasteiger partial charge in [-0.1, -0.05) is 51.1 Å². The quantitative estimate of drug-likeness (QED) is 0.154. The molecule has 0 aliphatic carbocycles. The van der Waals surface area contributed by atoms with E-state index < -0.39 is 23.8 Å². The van der Waals surface area contributed by atoms with Crippen molar-refractivity contribution in [1.82, 2.24) is 9.55 Å². The number of carboxylic acids is 1. The Hall–Kier alpha value is -3.31. The summed E-state index contributed by atoms with van der Waals surface area (Å²) in [5.41, 5.74) is 0.268. The van der Waals surface area contributed by atoms with Crippen molar-refractivity contribution in [2.45, 2.75) is 58.8 Å². The Morgan fingerprint density at radius 1 is 1.07 bits per heavy atom. The predicted molar refractivity (Wildman–Crippen MR) is 160 cm³/mol. The number of carboxylic acid groups (broad SMARTS) is 1. The topological polar surface area (TPSA) is 102 Å². The zero-order valence-electron chi connectivity index (χ0n) is 22.7. The number of aliphatic carboxylic acids is 1. The molecular formula is C31H32FIN2O5. The van der Waals surface area contributed by atoms with Crippen LogP contribution < -0.4 is 10.3 Å². The molecule has 7 nitrogen and oxygen atoms in total. The van der Waals surface area contributed by atoms with E-state index in [0.717, 1.165) is 11.1 Å². The lowest BCUT2D eigenvalue weighted by atomic mass is 9.80. The van der Waals surface area contributed by atoms with Crippen molar-refractivity contribution in [2.75, 3.05) is 0 Å². The Morgan fingerprint density at radius 3 is 2.45 bits per heavy atom. The predicted octanol–water partition coefficient (Wildman–Crippen LogP) is 6.26. The minimum absolute atomic E-state index is 0.111. The highest BCUT2D eigenvalue weighted by atomic mass is 127. The average molecular weight is 659 g/mol. The van der Waals surface area contributed by atoms with E-state index in [1.54, 1.807) is 18.3 Å². The molecule has 1 unspecified atom stereocenters. The number of hydrogen-bond acceptors (Lipinski definition) is 5. The summed E-state index contributed by atoms with van der Waals surface area (Å²) < 4.78 is 22.5. The number of halogens is 2. The molecule has 4 aromatic rings. The number of rotatable bonds is 10. The third-order valence-corrected chi connectivity index (χ3v) is 7.67. The fraction of sp³-hybridized carbons (Fsp3) is 0.323. The SMILES string of the molecule is CC(C)(C)CCC(O)(CC(=O)O)c1ccn(Cc2cc3cc(OCc4ccccc4)c(F)cc3nc2I)c(=O)c1. The maximum absolute atomic E-state index is 14.7. The van der Waals surface area contributed by atoms with Crippen LogP contribution in [0.5, 0.6) is 5.75 Å². The van der Waals surface area contributed by atoms with Crippen LogP contribution in [0.4, 0.5) is 4.39 Å². The molecule has 40 heavy (non-hydrogen) atoms. The Balaban J connectivity index is 1.60. The Kier molecular flexibility index (Phi) is 8.94. The number of fused-ring (bicyclic) bond motifs is 1. The van der Waals surface area contributed by atoms with Gasteiger partial charge in [0.25, 0.3) is 5.56 Å². The number of hydrogen-bond donors (Lipinski definition) is 2. The van der Waals surface area contributed by atoms with Crippen molar-refractivity contribution >= 4 is 39.5 Å². The molecule has 0 fully saturated rings. The van der Waals surface area contributed by atoms with E-state index >= 15 is 0 Å². The zero-order valence-corrected chi connectivity index (χ0v) is 24.8. The molecule has 1 atom stereocenters. The van der Waals surface area contributed by atoms with Gasteiger partial charge in [0.2, 0.25) is 0 Å². The van der Waals surface area contributed by atoms with Crippen LogP contribution in [0.15, 0.2) is 71.7 Å². The first kappa shape index (κ1) is 29.7. The fourth-order valence-electron chi connectivity index (χ4n) is 4.43. The summed E-state index contributed by atoms with van der Waals surface area (Å²) >= 11 is 2.06. The molecule has 0 saturated heterocycles. The molecule has 9 heteroatoms. The second kappa shape index (κ2) is 12.1. The third-order valence-electron chi connectivity index (χ3n) is 6.74. The summed E-state index contributed by atoms with van der Waals surface area (Å²) in [4.78, 5) is 29.1. The Labute approximate surface area is 245 Å². The first-order valence-corrected chi connectivity index (χ1v) is 14.0.